The van der Waals surface area contributed by atoms with Crippen LogP contribution in [0.5, 0.6) is 5.88 Å². The molecule has 4 aliphatic carbocycles. The van der Waals surface area contributed by atoms with Gasteiger partial charge < -0.3 is 10.1 Å². The molecule has 110 valence electrons. The van der Waals surface area contributed by atoms with Crippen molar-refractivity contribution in [2.75, 3.05) is 14.2 Å². The number of aromatic nitrogens is 2. The van der Waals surface area contributed by atoms with Gasteiger partial charge in [0.2, 0.25) is 5.88 Å². The standard InChI is InChI=1S/C16H25N3O/c1-17-9-14-8-15(20-2)18-19(14)16-12-4-10-3-11(6-12)7-13(16)5-10/h8,10-13,16-17H,3-7,9H2,1-2H3. The molecule has 4 fully saturated rings. The summed E-state index contributed by atoms with van der Waals surface area (Å²) >= 11 is 0. The lowest BCUT2D eigenvalue weighted by Crippen LogP contribution is -2.46. The van der Waals surface area contributed by atoms with Crippen molar-refractivity contribution in [2.24, 2.45) is 23.7 Å². The summed E-state index contributed by atoms with van der Waals surface area (Å²) in [7, 11) is 3.72. The Hall–Kier alpha value is -1.03. The molecule has 20 heavy (non-hydrogen) atoms. The summed E-state index contributed by atoms with van der Waals surface area (Å²) < 4.78 is 7.67. The largest absolute Gasteiger partial charge is 0.480 e. The van der Waals surface area contributed by atoms with Crippen LogP contribution in [-0.2, 0) is 6.54 Å². The van der Waals surface area contributed by atoms with E-state index in [1.807, 2.05) is 7.05 Å². The van der Waals surface area contributed by atoms with Gasteiger partial charge in [0.05, 0.1) is 18.8 Å². The lowest BCUT2D eigenvalue weighted by atomic mass is 9.54. The Morgan fingerprint density at radius 1 is 1.20 bits per heavy atom. The average Bonchev–Trinajstić information content (AvgIpc) is 2.81. The lowest BCUT2D eigenvalue weighted by Gasteiger charge is -2.54. The van der Waals surface area contributed by atoms with Gasteiger partial charge in [0.15, 0.2) is 0 Å². The summed E-state index contributed by atoms with van der Waals surface area (Å²) in [4.78, 5) is 0. The van der Waals surface area contributed by atoms with E-state index in [0.29, 0.717) is 6.04 Å². The highest BCUT2D eigenvalue weighted by atomic mass is 16.5. The minimum atomic E-state index is 0.620. The molecule has 4 heteroatoms. The molecule has 1 heterocycles. The van der Waals surface area contributed by atoms with Crippen LogP contribution in [-0.4, -0.2) is 23.9 Å². The number of hydrogen-bond donors (Lipinski definition) is 1. The predicted octanol–water partition coefficient (Wildman–Crippen LogP) is 2.61. The lowest BCUT2D eigenvalue weighted by molar-refractivity contribution is -0.0349. The molecule has 1 N–H and O–H groups in total. The smallest absolute Gasteiger partial charge is 0.232 e. The normalized spacial score (nSPS) is 38.4. The first-order valence-electron chi connectivity index (χ1n) is 8.05. The van der Waals surface area contributed by atoms with Gasteiger partial charge in [-0.25, -0.2) is 0 Å². The molecule has 0 amide bonds. The molecule has 4 nitrogen and oxygen atoms in total. The Morgan fingerprint density at radius 3 is 2.40 bits per heavy atom. The van der Waals surface area contributed by atoms with Crippen LogP contribution in [0.2, 0.25) is 0 Å². The number of hydrogen-bond acceptors (Lipinski definition) is 3. The second-order valence-corrected chi connectivity index (χ2v) is 7.07. The van der Waals surface area contributed by atoms with Gasteiger partial charge in [-0.2, -0.15) is 0 Å². The maximum atomic E-state index is 5.36. The van der Waals surface area contributed by atoms with E-state index in [0.717, 1.165) is 36.1 Å². The minimum Gasteiger partial charge on any atom is -0.480 e. The molecule has 4 bridgehead atoms. The van der Waals surface area contributed by atoms with E-state index >= 15 is 0 Å². The summed E-state index contributed by atoms with van der Waals surface area (Å²) in [6, 6.07) is 2.72. The molecule has 0 atom stereocenters. The van der Waals surface area contributed by atoms with E-state index in [2.05, 4.69) is 16.1 Å². The van der Waals surface area contributed by atoms with Gasteiger partial charge in [-0.1, -0.05) is 0 Å². The summed E-state index contributed by atoms with van der Waals surface area (Å²) in [6.07, 6.45) is 7.22. The molecule has 5 rings (SSSR count). The van der Waals surface area contributed by atoms with Crippen LogP contribution in [0.3, 0.4) is 0 Å². The fourth-order valence-corrected chi connectivity index (χ4v) is 5.37. The monoisotopic (exact) mass is 275 g/mol. The van der Waals surface area contributed by atoms with Gasteiger partial charge in [-0.15, -0.1) is 5.10 Å². The Bertz CT molecular complexity index is 468. The number of nitrogens with one attached hydrogen (secondary N) is 1. The van der Waals surface area contributed by atoms with Gasteiger partial charge >= 0.3 is 0 Å². The predicted molar refractivity (Wildman–Crippen MR) is 77.6 cm³/mol. The van der Waals surface area contributed by atoms with E-state index in [4.69, 9.17) is 9.84 Å². The number of methoxy groups -OCH3 is 1. The summed E-state index contributed by atoms with van der Waals surface area (Å²) in [5.74, 6) is 4.50. The van der Waals surface area contributed by atoms with E-state index < -0.39 is 0 Å². The van der Waals surface area contributed by atoms with Crippen molar-refractivity contribution in [3.63, 3.8) is 0 Å². The first-order valence-corrected chi connectivity index (χ1v) is 8.05. The van der Waals surface area contributed by atoms with Crippen LogP contribution in [0.4, 0.5) is 0 Å². The molecule has 0 spiro atoms. The third-order valence-electron chi connectivity index (χ3n) is 5.82. The highest BCUT2D eigenvalue weighted by Gasteiger charge is 2.49. The third kappa shape index (κ3) is 1.88. The average molecular weight is 275 g/mol. The van der Waals surface area contributed by atoms with E-state index in [1.54, 1.807) is 7.11 Å². The first-order chi connectivity index (χ1) is 9.78. The van der Waals surface area contributed by atoms with E-state index in [-0.39, 0.29) is 0 Å². The van der Waals surface area contributed by atoms with Crippen molar-refractivity contribution in [3.05, 3.63) is 11.8 Å². The fraction of sp³-hybridized carbons (Fsp3) is 0.812. The van der Waals surface area contributed by atoms with Crippen molar-refractivity contribution < 1.29 is 4.74 Å². The Morgan fingerprint density at radius 2 is 1.85 bits per heavy atom. The van der Waals surface area contributed by atoms with Crippen molar-refractivity contribution >= 4 is 0 Å². The molecule has 0 radical (unpaired) electrons. The molecule has 4 aliphatic rings. The van der Waals surface area contributed by atoms with Crippen molar-refractivity contribution in [2.45, 2.75) is 44.7 Å². The molecular weight excluding hydrogens is 250 g/mol. The van der Waals surface area contributed by atoms with Gasteiger partial charge in [0, 0.05) is 12.6 Å². The van der Waals surface area contributed by atoms with Crippen LogP contribution in [0, 0.1) is 23.7 Å². The SMILES string of the molecule is CNCc1cc(OC)nn1C1C2CC3CC(C2)CC1C3. The molecule has 0 saturated heterocycles. The topological polar surface area (TPSA) is 39.1 Å². The van der Waals surface area contributed by atoms with Crippen molar-refractivity contribution in [1.82, 2.24) is 15.1 Å². The fourth-order valence-electron chi connectivity index (χ4n) is 5.37. The second-order valence-electron chi connectivity index (χ2n) is 7.07. The van der Waals surface area contributed by atoms with Crippen LogP contribution in [0.25, 0.3) is 0 Å². The van der Waals surface area contributed by atoms with Crippen LogP contribution in [0.1, 0.15) is 43.8 Å². The first kappa shape index (κ1) is 12.7. The van der Waals surface area contributed by atoms with Gasteiger partial charge in [0.1, 0.15) is 0 Å². The number of ether oxygens (including phenoxy) is 1. The van der Waals surface area contributed by atoms with Crippen molar-refractivity contribution in [1.29, 1.82) is 0 Å². The summed E-state index contributed by atoms with van der Waals surface area (Å²) in [6.45, 7) is 0.874. The van der Waals surface area contributed by atoms with Crippen LogP contribution < -0.4 is 10.1 Å². The van der Waals surface area contributed by atoms with Crippen LogP contribution >= 0.6 is 0 Å². The highest BCUT2D eigenvalue weighted by molar-refractivity contribution is 5.18. The maximum Gasteiger partial charge on any atom is 0.232 e. The molecule has 0 aromatic carbocycles. The summed E-state index contributed by atoms with van der Waals surface area (Å²) in [5.41, 5.74) is 1.28. The second kappa shape index (κ2) is 4.76. The molecule has 1 aromatic heterocycles. The quantitative estimate of drug-likeness (QED) is 0.918. The zero-order chi connectivity index (χ0) is 13.7. The molecule has 0 aliphatic heterocycles. The Kier molecular flexibility index (Phi) is 3.02. The summed E-state index contributed by atoms with van der Waals surface area (Å²) in [5, 5.41) is 8.02. The minimum absolute atomic E-state index is 0.620. The molecular formula is C16H25N3O. The highest BCUT2D eigenvalue weighted by Crippen LogP contribution is 2.58. The molecule has 4 saturated carbocycles. The zero-order valence-electron chi connectivity index (χ0n) is 12.5. The Labute approximate surface area is 120 Å². The number of nitrogens with zero attached hydrogens (tertiary/aromatic N) is 2. The zero-order valence-corrected chi connectivity index (χ0v) is 12.5. The van der Waals surface area contributed by atoms with Gasteiger partial charge in [-0.05, 0) is 62.8 Å². The molecule has 1 aromatic rings. The molecule has 0 unspecified atom stereocenters. The van der Waals surface area contributed by atoms with E-state index in [1.165, 1.54) is 37.8 Å². The van der Waals surface area contributed by atoms with E-state index in [9.17, 15) is 0 Å². The number of rotatable bonds is 4. The van der Waals surface area contributed by atoms with Gasteiger partial charge in [-0.3, -0.25) is 4.68 Å². The maximum absolute atomic E-state index is 5.36. The Balaban J connectivity index is 1.68. The van der Waals surface area contributed by atoms with Crippen molar-refractivity contribution in [3.8, 4) is 5.88 Å². The van der Waals surface area contributed by atoms with Gasteiger partial charge in [0.25, 0.3) is 0 Å². The van der Waals surface area contributed by atoms with Crippen LogP contribution in [0.15, 0.2) is 6.07 Å². The third-order valence-corrected chi connectivity index (χ3v) is 5.82.